The van der Waals surface area contributed by atoms with Crippen molar-refractivity contribution in [1.29, 1.82) is 5.26 Å². The molecule has 1 aliphatic heterocycles. The average Bonchev–Trinajstić information content (AvgIpc) is 3.16. The second-order valence-corrected chi connectivity index (χ2v) is 10.5. The normalized spacial score (nSPS) is 17.4. The van der Waals surface area contributed by atoms with E-state index in [1.54, 1.807) is 30.5 Å². The highest BCUT2D eigenvalue weighted by molar-refractivity contribution is 6.06. The first kappa shape index (κ1) is 24.5. The number of amides is 2. The molecule has 0 unspecified atom stereocenters. The summed E-state index contributed by atoms with van der Waals surface area (Å²) in [6.07, 6.45) is 5.59. The van der Waals surface area contributed by atoms with Crippen molar-refractivity contribution < 1.29 is 9.59 Å². The zero-order valence-electron chi connectivity index (χ0n) is 21.3. The zero-order chi connectivity index (χ0) is 25.5. The molecule has 2 amide bonds. The Kier molecular flexibility index (Phi) is 6.42. The van der Waals surface area contributed by atoms with Gasteiger partial charge < -0.3 is 14.8 Å². The van der Waals surface area contributed by atoms with Crippen LogP contribution in [0.25, 0.3) is 11.0 Å². The third-order valence-electron chi connectivity index (χ3n) is 7.15. The number of aryl methyl sites for hydroxylation is 2. The highest BCUT2D eigenvalue weighted by Crippen LogP contribution is 2.42. The van der Waals surface area contributed by atoms with Gasteiger partial charge in [-0.1, -0.05) is 19.9 Å². The Labute approximate surface area is 206 Å². The van der Waals surface area contributed by atoms with E-state index in [1.165, 1.54) is 5.56 Å². The van der Waals surface area contributed by atoms with Gasteiger partial charge in [-0.3, -0.25) is 9.59 Å². The van der Waals surface area contributed by atoms with Crippen LogP contribution in [0.15, 0.2) is 36.7 Å². The number of piperidine rings is 1. The van der Waals surface area contributed by atoms with Gasteiger partial charge in [0.15, 0.2) is 0 Å². The molecular weight excluding hydrogens is 438 g/mol. The van der Waals surface area contributed by atoms with Crippen LogP contribution >= 0.6 is 0 Å². The number of aromatic nitrogens is 2. The maximum Gasteiger partial charge on any atom is 0.255 e. The molecule has 182 valence electrons. The molecule has 1 atom stereocenters. The summed E-state index contributed by atoms with van der Waals surface area (Å²) >= 11 is 0. The van der Waals surface area contributed by atoms with Crippen LogP contribution in [0.2, 0.25) is 0 Å². The maximum absolute atomic E-state index is 12.9. The number of hydrogen-bond acceptors (Lipinski definition) is 4. The fraction of sp³-hybridized carbons (Fsp3) is 0.429. The molecule has 4 rings (SSSR count). The van der Waals surface area contributed by atoms with Gasteiger partial charge >= 0.3 is 0 Å². The number of nitrogens with zero attached hydrogens (tertiary/aromatic N) is 4. The van der Waals surface area contributed by atoms with E-state index in [2.05, 4.69) is 36.4 Å². The molecule has 0 bridgehead atoms. The molecule has 1 saturated heterocycles. The molecule has 0 radical (unpaired) electrons. The fourth-order valence-corrected chi connectivity index (χ4v) is 5.29. The lowest BCUT2D eigenvalue weighted by atomic mass is 9.78. The largest absolute Gasteiger partial charge is 0.337 e. The Hall–Kier alpha value is -3.66. The molecule has 7 nitrogen and oxygen atoms in total. The number of nitriles is 1. The lowest BCUT2D eigenvalue weighted by molar-refractivity contribution is -0.142. The van der Waals surface area contributed by atoms with E-state index in [-0.39, 0.29) is 29.2 Å². The fourth-order valence-electron chi connectivity index (χ4n) is 5.29. The minimum absolute atomic E-state index is 0.0187. The van der Waals surface area contributed by atoms with Gasteiger partial charge in [0, 0.05) is 42.2 Å². The number of carbonyl (C=O) groups excluding carboxylic acids is 2. The van der Waals surface area contributed by atoms with E-state index >= 15 is 0 Å². The van der Waals surface area contributed by atoms with Gasteiger partial charge in [0.25, 0.3) is 5.91 Å². The molecule has 1 aliphatic rings. The van der Waals surface area contributed by atoms with Crippen LogP contribution in [-0.2, 0) is 11.8 Å². The number of rotatable bonds is 4. The van der Waals surface area contributed by atoms with Crippen molar-refractivity contribution in [2.75, 3.05) is 11.9 Å². The summed E-state index contributed by atoms with van der Waals surface area (Å²) < 4.78 is 2.04. The van der Waals surface area contributed by atoms with Crippen molar-refractivity contribution in [2.24, 2.45) is 13.0 Å². The van der Waals surface area contributed by atoms with E-state index in [4.69, 9.17) is 5.26 Å². The van der Waals surface area contributed by atoms with Crippen molar-refractivity contribution >= 4 is 28.5 Å². The SMILES string of the molecule is Cc1c(NC(=O)c2cccc(C#N)c2)cnc2c1c([C@@H]1CCN(C(=O)C(C)C)C(C)(C)C1)cn2C. The molecule has 35 heavy (non-hydrogen) atoms. The van der Waals surface area contributed by atoms with Crippen molar-refractivity contribution in [3.8, 4) is 6.07 Å². The second-order valence-electron chi connectivity index (χ2n) is 10.5. The van der Waals surface area contributed by atoms with Gasteiger partial charge in [0.05, 0.1) is 23.5 Å². The molecule has 1 N–H and O–H groups in total. The van der Waals surface area contributed by atoms with Gasteiger partial charge in [0.1, 0.15) is 5.65 Å². The summed E-state index contributed by atoms with van der Waals surface area (Å²) in [4.78, 5) is 32.4. The first-order valence-corrected chi connectivity index (χ1v) is 12.1. The topological polar surface area (TPSA) is 91.0 Å². The quantitative estimate of drug-likeness (QED) is 0.570. The summed E-state index contributed by atoms with van der Waals surface area (Å²) in [5.41, 5.74) is 4.34. The zero-order valence-corrected chi connectivity index (χ0v) is 21.3. The van der Waals surface area contributed by atoms with Crippen molar-refractivity contribution in [2.45, 2.75) is 58.9 Å². The Morgan fingerprint density at radius 3 is 2.69 bits per heavy atom. The molecule has 1 fully saturated rings. The molecule has 7 heteroatoms. The van der Waals surface area contributed by atoms with Crippen molar-refractivity contribution in [1.82, 2.24) is 14.5 Å². The van der Waals surface area contributed by atoms with Crippen molar-refractivity contribution in [3.05, 3.63) is 58.9 Å². The Morgan fingerprint density at radius 1 is 1.29 bits per heavy atom. The smallest absolute Gasteiger partial charge is 0.255 e. The Morgan fingerprint density at radius 2 is 2.03 bits per heavy atom. The monoisotopic (exact) mass is 471 g/mol. The number of nitrogens with one attached hydrogen (secondary N) is 1. The Balaban J connectivity index is 1.67. The third-order valence-corrected chi connectivity index (χ3v) is 7.15. The van der Waals surface area contributed by atoms with E-state index in [0.29, 0.717) is 16.8 Å². The van der Waals surface area contributed by atoms with Crippen LogP contribution in [0.1, 0.15) is 73.5 Å². The summed E-state index contributed by atoms with van der Waals surface area (Å²) in [6, 6.07) is 8.73. The number of likely N-dealkylation sites (tertiary alicyclic amines) is 1. The summed E-state index contributed by atoms with van der Waals surface area (Å²) in [5, 5.41) is 13.2. The number of carbonyl (C=O) groups is 2. The van der Waals surface area contributed by atoms with Crippen LogP contribution in [0, 0.1) is 24.2 Å². The second kappa shape index (κ2) is 9.18. The molecule has 0 aliphatic carbocycles. The summed E-state index contributed by atoms with van der Waals surface area (Å²) in [7, 11) is 1.99. The minimum atomic E-state index is -0.273. The summed E-state index contributed by atoms with van der Waals surface area (Å²) in [6.45, 7) is 10.9. The van der Waals surface area contributed by atoms with E-state index in [1.807, 2.05) is 37.3 Å². The minimum Gasteiger partial charge on any atom is -0.337 e. The predicted octanol–water partition coefficient (Wildman–Crippen LogP) is 5.15. The first-order chi connectivity index (χ1) is 16.5. The average molecular weight is 472 g/mol. The number of hydrogen-bond donors (Lipinski definition) is 1. The molecule has 0 saturated carbocycles. The van der Waals surface area contributed by atoms with E-state index in [9.17, 15) is 9.59 Å². The van der Waals surface area contributed by atoms with Gasteiger partial charge in [-0.25, -0.2) is 4.98 Å². The number of anilines is 1. The number of benzene rings is 1. The standard InChI is InChI=1S/C28H33N5O2/c1-17(2)27(35)33-11-10-21(13-28(33,4)5)22-16-32(6)25-24(22)18(3)23(15-30-25)31-26(34)20-9-7-8-19(12-20)14-29/h7-9,12,15-17,21H,10-11,13H2,1-6H3,(H,31,34)/t21-/m1/s1. The van der Waals surface area contributed by atoms with Crippen LogP contribution in [0.5, 0.6) is 0 Å². The van der Waals surface area contributed by atoms with E-state index < -0.39 is 0 Å². The summed E-state index contributed by atoms with van der Waals surface area (Å²) in [5.74, 6) is 0.193. The van der Waals surface area contributed by atoms with Crippen molar-refractivity contribution in [3.63, 3.8) is 0 Å². The Bertz CT molecular complexity index is 1350. The van der Waals surface area contributed by atoms with Crippen LogP contribution in [0.4, 0.5) is 5.69 Å². The maximum atomic E-state index is 12.9. The lowest BCUT2D eigenvalue weighted by Gasteiger charge is -2.46. The first-order valence-electron chi connectivity index (χ1n) is 12.1. The van der Waals surface area contributed by atoms with Gasteiger partial charge in [0.2, 0.25) is 5.91 Å². The number of fused-ring (bicyclic) bond motifs is 1. The van der Waals surface area contributed by atoms with Gasteiger partial charge in [-0.05, 0) is 68.9 Å². The lowest BCUT2D eigenvalue weighted by Crippen LogP contribution is -2.53. The van der Waals surface area contributed by atoms with Crippen LogP contribution in [-0.4, -0.2) is 38.3 Å². The molecule has 1 aromatic carbocycles. The number of pyridine rings is 1. The molecule has 3 aromatic rings. The molecule has 3 heterocycles. The third kappa shape index (κ3) is 4.53. The molecule has 2 aromatic heterocycles. The van der Waals surface area contributed by atoms with Crippen LogP contribution < -0.4 is 5.32 Å². The van der Waals surface area contributed by atoms with Gasteiger partial charge in [-0.15, -0.1) is 0 Å². The molecular formula is C28H33N5O2. The van der Waals surface area contributed by atoms with E-state index in [0.717, 1.165) is 36.0 Å². The van der Waals surface area contributed by atoms with Gasteiger partial charge in [-0.2, -0.15) is 5.26 Å². The predicted molar refractivity (Wildman–Crippen MR) is 137 cm³/mol. The van der Waals surface area contributed by atoms with Crippen LogP contribution in [0.3, 0.4) is 0 Å². The molecule has 0 spiro atoms. The highest BCUT2D eigenvalue weighted by atomic mass is 16.2. The highest BCUT2D eigenvalue weighted by Gasteiger charge is 2.39.